The van der Waals surface area contributed by atoms with Crippen molar-refractivity contribution in [3.8, 4) is 22.5 Å². The number of hydrogen-bond donors (Lipinski definition) is 1. The Kier molecular flexibility index (Phi) is 3.20. The lowest BCUT2D eigenvalue weighted by Gasteiger charge is -2.04. The van der Waals surface area contributed by atoms with Crippen molar-refractivity contribution < 1.29 is 0 Å². The van der Waals surface area contributed by atoms with Gasteiger partial charge in [0.05, 0.1) is 11.4 Å². The molecule has 2 heterocycles. The predicted molar refractivity (Wildman–Crippen MR) is 97.8 cm³/mol. The second kappa shape index (κ2) is 5.25. The van der Waals surface area contributed by atoms with E-state index in [1.165, 1.54) is 22.4 Å². The van der Waals surface area contributed by atoms with Gasteiger partial charge in [-0.2, -0.15) is 0 Å². The van der Waals surface area contributed by atoms with Crippen LogP contribution in [0.2, 0.25) is 0 Å². The quantitative estimate of drug-likeness (QED) is 0.532. The molecule has 2 aromatic carbocycles. The lowest BCUT2D eigenvalue weighted by Crippen LogP contribution is -1.87. The number of aryl methyl sites for hydroxylation is 2. The zero-order valence-corrected chi connectivity index (χ0v) is 13.9. The summed E-state index contributed by atoms with van der Waals surface area (Å²) in [6.45, 7) is 4.28. The molecule has 4 heteroatoms. The molecule has 23 heavy (non-hydrogen) atoms. The van der Waals surface area contributed by atoms with Crippen LogP contribution in [0.25, 0.3) is 27.5 Å². The van der Waals surface area contributed by atoms with Crippen LogP contribution in [0.1, 0.15) is 11.1 Å². The van der Waals surface area contributed by atoms with E-state index in [1.807, 2.05) is 24.3 Å². The first kappa shape index (κ1) is 14.0. The molecule has 0 aliphatic carbocycles. The second-order valence-electron chi connectivity index (χ2n) is 5.82. The summed E-state index contributed by atoms with van der Waals surface area (Å²) in [6.07, 6.45) is 2.09. The van der Waals surface area contributed by atoms with Crippen LogP contribution in [0.4, 0.5) is 5.69 Å². The van der Waals surface area contributed by atoms with Gasteiger partial charge in [-0.3, -0.25) is 4.40 Å². The topological polar surface area (TPSA) is 43.3 Å². The molecular weight excluding hydrogens is 302 g/mol. The smallest absolute Gasteiger partial charge is 0.194 e. The molecule has 3 nitrogen and oxygen atoms in total. The first-order valence-electron chi connectivity index (χ1n) is 7.52. The minimum Gasteiger partial charge on any atom is -0.399 e. The van der Waals surface area contributed by atoms with Gasteiger partial charge in [0.1, 0.15) is 0 Å². The van der Waals surface area contributed by atoms with Gasteiger partial charge in [0.25, 0.3) is 0 Å². The Morgan fingerprint density at radius 2 is 1.87 bits per heavy atom. The van der Waals surface area contributed by atoms with Gasteiger partial charge in [0.15, 0.2) is 4.96 Å². The normalized spacial score (nSPS) is 11.2. The Hall–Kier alpha value is -2.59. The van der Waals surface area contributed by atoms with Crippen LogP contribution in [0.15, 0.2) is 54.0 Å². The Labute approximate surface area is 139 Å². The summed E-state index contributed by atoms with van der Waals surface area (Å²) in [7, 11) is 0. The first-order valence-corrected chi connectivity index (χ1v) is 8.40. The molecule has 0 unspecified atom stereocenters. The third-order valence-corrected chi connectivity index (χ3v) is 5.03. The Morgan fingerprint density at radius 1 is 1.00 bits per heavy atom. The summed E-state index contributed by atoms with van der Waals surface area (Å²) < 4.78 is 2.16. The molecule has 0 amide bonds. The van der Waals surface area contributed by atoms with Crippen molar-refractivity contribution in [3.05, 3.63) is 65.2 Å². The molecule has 0 bridgehead atoms. The van der Waals surface area contributed by atoms with Crippen molar-refractivity contribution in [2.24, 2.45) is 0 Å². The van der Waals surface area contributed by atoms with E-state index >= 15 is 0 Å². The molecule has 2 aromatic heterocycles. The highest BCUT2D eigenvalue weighted by atomic mass is 32.1. The summed E-state index contributed by atoms with van der Waals surface area (Å²) in [4.78, 5) is 5.73. The minimum atomic E-state index is 0.758. The number of thiazole rings is 1. The lowest BCUT2D eigenvalue weighted by atomic mass is 10.0. The maximum absolute atomic E-state index is 5.89. The molecule has 0 spiro atoms. The standard InChI is InChI=1S/C19H17N3S/c1-12-6-7-15(8-13(12)2)18-11-23-19-21-17(10-22(18)19)14-4-3-5-16(20)9-14/h3-11H,20H2,1-2H3. The third-order valence-electron chi connectivity index (χ3n) is 4.19. The summed E-state index contributed by atoms with van der Waals surface area (Å²) in [5.41, 5.74) is 13.7. The number of anilines is 1. The first-order chi connectivity index (χ1) is 11.1. The van der Waals surface area contributed by atoms with E-state index in [0.717, 1.165) is 21.9 Å². The molecule has 0 radical (unpaired) electrons. The Morgan fingerprint density at radius 3 is 2.65 bits per heavy atom. The van der Waals surface area contributed by atoms with E-state index in [1.54, 1.807) is 11.3 Å². The highest BCUT2D eigenvalue weighted by Gasteiger charge is 2.11. The number of aromatic nitrogens is 2. The summed E-state index contributed by atoms with van der Waals surface area (Å²) >= 11 is 1.66. The largest absolute Gasteiger partial charge is 0.399 e. The van der Waals surface area contributed by atoms with Crippen molar-refractivity contribution in [2.75, 3.05) is 5.73 Å². The van der Waals surface area contributed by atoms with E-state index in [9.17, 15) is 0 Å². The van der Waals surface area contributed by atoms with Crippen molar-refractivity contribution in [3.63, 3.8) is 0 Å². The molecule has 0 saturated carbocycles. The maximum atomic E-state index is 5.89. The van der Waals surface area contributed by atoms with Gasteiger partial charge in [-0.25, -0.2) is 4.98 Å². The zero-order chi connectivity index (χ0) is 16.0. The molecule has 0 saturated heterocycles. The second-order valence-corrected chi connectivity index (χ2v) is 6.66. The van der Waals surface area contributed by atoms with Gasteiger partial charge < -0.3 is 5.73 Å². The fourth-order valence-corrected chi connectivity index (χ4v) is 3.61. The molecule has 0 atom stereocenters. The third kappa shape index (κ3) is 2.41. The van der Waals surface area contributed by atoms with Crippen molar-refractivity contribution in [2.45, 2.75) is 13.8 Å². The molecule has 2 N–H and O–H groups in total. The number of nitrogens with zero attached hydrogens (tertiary/aromatic N) is 2. The number of hydrogen-bond acceptors (Lipinski definition) is 3. The fourth-order valence-electron chi connectivity index (χ4n) is 2.73. The molecule has 114 valence electrons. The lowest BCUT2D eigenvalue weighted by molar-refractivity contribution is 1.23. The summed E-state index contributed by atoms with van der Waals surface area (Å²) in [6, 6.07) is 14.4. The average Bonchev–Trinajstić information content (AvgIpc) is 3.10. The van der Waals surface area contributed by atoms with Crippen molar-refractivity contribution in [1.29, 1.82) is 0 Å². The Bertz CT molecular complexity index is 1010. The van der Waals surface area contributed by atoms with Crippen LogP contribution in [0.3, 0.4) is 0 Å². The number of imidazole rings is 1. The maximum Gasteiger partial charge on any atom is 0.194 e. The van der Waals surface area contributed by atoms with Gasteiger partial charge in [0, 0.05) is 22.8 Å². The number of fused-ring (bicyclic) bond motifs is 1. The molecule has 4 rings (SSSR count). The number of rotatable bonds is 2. The van der Waals surface area contributed by atoms with E-state index in [2.05, 4.69) is 48.0 Å². The minimum absolute atomic E-state index is 0.758. The van der Waals surface area contributed by atoms with Gasteiger partial charge in [-0.1, -0.05) is 24.3 Å². The van der Waals surface area contributed by atoms with Crippen LogP contribution in [-0.4, -0.2) is 9.38 Å². The molecule has 0 aliphatic rings. The number of nitrogen functional groups attached to an aromatic ring is 1. The monoisotopic (exact) mass is 319 g/mol. The zero-order valence-electron chi connectivity index (χ0n) is 13.1. The summed E-state index contributed by atoms with van der Waals surface area (Å²) in [5.74, 6) is 0. The highest BCUT2D eigenvalue weighted by molar-refractivity contribution is 7.15. The Balaban J connectivity index is 1.85. The van der Waals surface area contributed by atoms with E-state index in [4.69, 9.17) is 10.7 Å². The van der Waals surface area contributed by atoms with Crippen LogP contribution in [-0.2, 0) is 0 Å². The van der Waals surface area contributed by atoms with Crippen LogP contribution in [0.5, 0.6) is 0 Å². The molecule has 0 aliphatic heterocycles. The molecule has 4 aromatic rings. The van der Waals surface area contributed by atoms with Gasteiger partial charge in [-0.15, -0.1) is 11.3 Å². The van der Waals surface area contributed by atoms with Crippen molar-refractivity contribution in [1.82, 2.24) is 9.38 Å². The van der Waals surface area contributed by atoms with E-state index < -0.39 is 0 Å². The SMILES string of the molecule is Cc1ccc(-c2csc3nc(-c4cccc(N)c4)cn23)cc1C. The van der Waals surface area contributed by atoms with Crippen LogP contribution < -0.4 is 5.73 Å². The van der Waals surface area contributed by atoms with E-state index in [0.29, 0.717) is 0 Å². The van der Waals surface area contributed by atoms with Crippen LogP contribution >= 0.6 is 11.3 Å². The van der Waals surface area contributed by atoms with Gasteiger partial charge in [0.2, 0.25) is 0 Å². The number of benzene rings is 2. The van der Waals surface area contributed by atoms with Crippen LogP contribution in [0, 0.1) is 13.8 Å². The van der Waals surface area contributed by atoms with E-state index in [-0.39, 0.29) is 0 Å². The van der Waals surface area contributed by atoms with Gasteiger partial charge in [-0.05, 0) is 48.7 Å². The van der Waals surface area contributed by atoms with Crippen molar-refractivity contribution >= 4 is 22.0 Å². The molecular formula is C19H17N3S. The summed E-state index contributed by atoms with van der Waals surface area (Å²) in [5, 5.41) is 2.16. The fraction of sp³-hybridized carbons (Fsp3) is 0.105. The van der Waals surface area contributed by atoms with Gasteiger partial charge >= 0.3 is 0 Å². The molecule has 0 fully saturated rings. The number of nitrogens with two attached hydrogens (primary N) is 1. The highest BCUT2D eigenvalue weighted by Crippen LogP contribution is 2.30. The predicted octanol–water partition coefficient (Wildman–Crippen LogP) is 4.93. The average molecular weight is 319 g/mol.